The Morgan fingerprint density at radius 3 is 2.67 bits per heavy atom. The maximum atomic E-state index is 11.0. The summed E-state index contributed by atoms with van der Waals surface area (Å²) < 4.78 is 29.8. The summed E-state index contributed by atoms with van der Waals surface area (Å²) in [6.45, 7) is 1.14. The molecule has 0 aromatic rings. The van der Waals surface area contributed by atoms with E-state index >= 15 is 0 Å². The van der Waals surface area contributed by atoms with Crippen LogP contribution >= 0.6 is 0 Å². The van der Waals surface area contributed by atoms with E-state index in [-0.39, 0.29) is 12.4 Å². The number of hydrogen-bond acceptors (Lipinski definition) is 6. The normalized spacial score (nSPS) is 12.2. The van der Waals surface area contributed by atoms with Gasteiger partial charge in [-0.3, -0.25) is 0 Å². The van der Waals surface area contributed by atoms with Crippen molar-refractivity contribution in [3.8, 4) is 0 Å². The molecule has 0 bridgehead atoms. The molecular weight excluding hydrogens is 228 g/mol. The van der Waals surface area contributed by atoms with Crippen molar-refractivity contribution < 1.29 is 23.2 Å². The first-order valence-corrected chi connectivity index (χ1v) is 5.30. The summed E-state index contributed by atoms with van der Waals surface area (Å²) in [6.07, 6.45) is -1.11. The minimum Gasteiger partial charge on any atom is -0.449 e. The van der Waals surface area contributed by atoms with Crippen molar-refractivity contribution in [3.63, 3.8) is 0 Å². The molecule has 0 atom stereocenters. The summed E-state index contributed by atoms with van der Waals surface area (Å²) in [5, 5.41) is 10.6. The lowest BCUT2D eigenvalue weighted by Crippen LogP contribution is -2.43. The summed E-state index contributed by atoms with van der Waals surface area (Å²) in [6, 6.07) is 0. The Bertz CT molecular complexity index is 337. The second-order valence-electron chi connectivity index (χ2n) is 2.24. The van der Waals surface area contributed by atoms with Crippen LogP contribution in [0.1, 0.15) is 6.92 Å². The zero-order chi connectivity index (χ0) is 11.9. The van der Waals surface area contributed by atoms with Gasteiger partial charge in [-0.05, 0) is 6.92 Å². The first-order valence-electron chi connectivity index (χ1n) is 3.82. The second kappa shape index (κ2) is 6.03. The van der Waals surface area contributed by atoms with Gasteiger partial charge < -0.3 is 15.7 Å². The van der Waals surface area contributed by atoms with Gasteiger partial charge in [0.1, 0.15) is 0 Å². The SMILES string of the molecule is CCOC(=O)NS(=O)(=O)NCC(N)=NO. The van der Waals surface area contributed by atoms with Gasteiger partial charge in [0.15, 0.2) is 5.84 Å². The molecule has 0 unspecified atom stereocenters. The van der Waals surface area contributed by atoms with Gasteiger partial charge in [-0.1, -0.05) is 5.16 Å². The average molecular weight is 240 g/mol. The van der Waals surface area contributed by atoms with Crippen LogP contribution < -0.4 is 15.2 Å². The number of nitrogens with one attached hydrogen (secondary N) is 2. The van der Waals surface area contributed by atoms with Gasteiger partial charge in [0.2, 0.25) is 0 Å². The Morgan fingerprint density at radius 2 is 2.20 bits per heavy atom. The Hall–Kier alpha value is -1.55. The lowest BCUT2D eigenvalue weighted by Gasteiger charge is -2.06. The number of carbonyl (C=O) groups excluding carboxylic acids is 1. The van der Waals surface area contributed by atoms with Crippen molar-refractivity contribution in [1.82, 2.24) is 9.44 Å². The van der Waals surface area contributed by atoms with E-state index in [9.17, 15) is 13.2 Å². The number of rotatable bonds is 5. The van der Waals surface area contributed by atoms with Crippen LogP contribution in [-0.4, -0.2) is 38.7 Å². The van der Waals surface area contributed by atoms with Crippen molar-refractivity contribution >= 4 is 22.1 Å². The zero-order valence-corrected chi connectivity index (χ0v) is 8.74. The van der Waals surface area contributed by atoms with Crippen LogP contribution in [0.25, 0.3) is 0 Å². The average Bonchev–Trinajstić information content (AvgIpc) is 2.13. The number of nitrogens with zero attached hydrogens (tertiary/aromatic N) is 1. The predicted molar refractivity (Wildman–Crippen MR) is 50.5 cm³/mol. The van der Waals surface area contributed by atoms with E-state index in [1.165, 1.54) is 6.92 Å². The maximum Gasteiger partial charge on any atom is 0.421 e. The van der Waals surface area contributed by atoms with E-state index in [0.29, 0.717) is 0 Å². The van der Waals surface area contributed by atoms with E-state index in [0.717, 1.165) is 0 Å². The van der Waals surface area contributed by atoms with Crippen LogP contribution in [0.15, 0.2) is 5.16 Å². The van der Waals surface area contributed by atoms with E-state index in [2.05, 4.69) is 9.89 Å². The summed E-state index contributed by atoms with van der Waals surface area (Å²) in [5.74, 6) is -0.343. The lowest BCUT2D eigenvalue weighted by atomic mass is 10.6. The Morgan fingerprint density at radius 1 is 1.60 bits per heavy atom. The molecule has 0 rings (SSSR count). The fraction of sp³-hybridized carbons (Fsp3) is 0.600. The monoisotopic (exact) mass is 240 g/mol. The van der Waals surface area contributed by atoms with Crippen LogP contribution in [0.3, 0.4) is 0 Å². The van der Waals surface area contributed by atoms with Crippen molar-refractivity contribution in [3.05, 3.63) is 0 Å². The van der Waals surface area contributed by atoms with Crippen LogP contribution in [-0.2, 0) is 14.9 Å². The molecule has 0 aromatic heterocycles. The number of amides is 1. The molecule has 0 aliphatic carbocycles. The topological polar surface area (TPSA) is 143 Å². The standard InChI is InChI=1S/C5H12N4O5S/c1-2-14-5(10)9-15(12,13)7-3-4(6)8-11/h7,11H,2-3H2,1H3,(H2,6,8)(H,9,10). The van der Waals surface area contributed by atoms with E-state index in [1.54, 1.807) is 4.72 Å². The first-order chi connectivity index (χ1) is 6.91. The molecule has 0 radical (unpaired) electrons. The molecule has 0 spiro atoms. The molecule has 0 heterocycles. The number of ether oxygens (including phenoxy) is 1. The molecule has 0 aromatic carbocycles. The molecule has 88 valence electrons. The highest BCUT2D eigenvalue weighted by Crippen LogP contribution is 1.81. The van der Waals surface area contributed by atoms with E-state index in [1.807, 2.05) is 4.72 Å². The highest BCUT2D eigenvalue weighted by Gasteiger charge is 2.14. The van der Waals surface area contributed by atoms with Crippen LogP contribution in [0.5, 0.6) is 0 Å². The Labute approximate surface area is 86.5 Å². The zero-order valence-electron chi connectivity index (χ0n) is 7.93. The highest BCUT2D eigenvalue weighted by molar-refractivity contribution is 7.88. The molecule has 0 fully saturated rings. The molecule has 15 heavy (non-hydrogen) atoms. The summed E-state index contributed by atoms with van der Waals surface area (Å²) >= 11 is 0. The quantitative estimate of drug-likeness (QED) is 0.195. The first kappa shape index (κ1) is 13.4. The summed E-state index contributed by atoms with van der Waals surface area (Å²) in [4.78, 5) is 10.7. The Kier molecular flexibility index (Phi) is 5.41. The van der Waals surface area contributed by atoms with E-state index < -0.39 is 22.8 Å². The molecule has 1 amide bonds. The van der Waals surface area contributed by atoms with Gasteiger partial charge in [0, 0.05) is 0 Å². The molecule has 5 N–H and O–H groups in total. The van der Waals surface area contributed by atoms with Gasteiger partial charge >= 0.3 is 16.3 Å². The minimum absolute atomic E-state index is 0.0432. The molecule has 10 heteroatoms. The highest BCUT2D eigenvalue weighted by atomic mass is 32.2. The predicted octanol–water partition coefficient (Wildman–Crippen LogP) is -1.69. The summed E-state index contributed by atoms with van der Waals surface area (Å²) in [7, 11) is -4.05. The summed E-state index contributed by atoms with van der Waals surface area (Å²) in [5.41, 5.74) is 5.00. The minimum atomic E-state index is -4.05. The lowest BCUT2D eigenvalue weighted by molar-refractivity contribution is 0.158. The third kappa shape index (κ3) is 6.51. The fourth-order valence-corrected chi connectivity index (χ4v) is 1.20. The molecule has 0 aliphatic heterocycles. The Balaban J connectivity index is 4.14. The van der Waals surface area contributed by atoms with E-state index in [4.69, 9.17) is 10.9 Å². The molecule has 0 aliphatic rings. The third-order valence-corrected chi connectivity index (χ3v) is 2.02. The number of carbonyl (C=O) groups is 1. The van der Waals surface area contributed by atoms with Gasteiger partial charge in [0.25, 0.3) is 0 Å². The number of oxime groups is 1. The number of hydrogen-bond donors (Lipinski definition) is 4. The van der Waals surface area contributed by atoms with Crippen molar-refractivity contribution in [2.75, 3.05) is 13.2 Å². The second-order valence-corrected chi connectivity index (χ2v) is 3.74. The van der Waals surface area contributed by atoms with Crippen LogP contribution in [0.4, 0.5) is 4.79 Å². The largest absolute Gasteiger partial charge is 0.449 e. The van der Waals surface area contributed by atoms with Crippen molar-refractivity contribution in [2.45, 2.75) is 6.92 Å². The maximum absolute atomic E-state index is 11.0. The van der Waals surface area contributed by atoms with Gasteiger partial charge in [0.05, 0.1) is 13.2 Å². The van der Waals surface area contributed by atoms with Crippen molar-refractivity contribution in [2.24, 2.45) is 10.9 Å². The fourth-order valence-electron chi connectivity index (χ4n) is 0.511. The molecule has 0 saturated heterocycles. The van der Waals surface area contributed by atoms with Crippen LogP contribution in [0, 0.1) is 0 Å². The van der Waals surface area contributed by atoms with Gasteiger partial charge in [-0.2, -0.15) is 13.1 Å². The number of amidine groups is 1. The smallest absolute Gasteiger partial charge is 0.421 e. The third-order valence-electron chi connectivity index (χ3n) is 1.06. The molecule has 0 saturated carbocycles. The van der Waals surface area contributed by atoms with Gasteiger partial charge in [-0.25, -0.2) is 9.52 Å². The van der Waals surface area contributed by atoms with Crippen LogP contribution in [0.2, 0.25) is 0 Å². The molecular formula is C5H12N4O5S. The number of nitrogens with two attached hydrogens (primary N) is 1. The molecule has 9 nitrogen and oxygen atoms in total. The van der Waals surface area contributed by atoms with Gasteiger partial charge in [-0.15, -0.1) is 0 Å². The van der Waals surface area contributed by atoms with Crippen molar-refractivity contribution in [1.29, 1.82) is 0 Å².